The largest absolute Gasteiger partial charge is 0.328 e. The zero-order valence-corrected chi connectivity index (χ0v) is 14.0. The summed E-state index contributed by atoms with van der Waals surface area (Å²) in [6.07, 6.45) is 2.03. The van der Waals surface area contributed by atoms with E-state index in [9.17, 15) is 19.2 Å². The number of imide groups is 2. The van der Waals surface area contributed by atoms with Crippen LogP contribution in [0.4, 0.5) is 4.79 Å². The summed E-state index contributed by atoms with van der Waals surface area (Å²) in [6.45, 7) is 0. The average Bonchev–Trinajstić information content (AvgIpc) is 2.65. The standard InChI is InChI=1S/C18H14N4O5/c23-12-7-3-6-11-13(12)18(15(24)20-17(26)21-16(18)25)27-14-10-5-2-1-4-9(10)8-19-22(11)14/h1-2,4-5,8,14H,3,6-7H2,(H2,20,21,24,25,26). The van der Waals surface area contributed by atoms with Crippen molar-refractivity contribution in [2.45, 2.75) is 31.1 Å². The fourth-order valence-electron chi connectivity index (χ4n) is 4.03. The summed E-state index contributed by atoms with van der Waals surface area (Å²) in [5.41, 5.74) is -0.263. The number of nitrogens with zero attached hydrogens (tertiary/aromatic N) is 2. The van der Waals surface area contributed by atoms with Crippen molar-refractivity contribution in [1.82, 2.24) is 15.6 Å². The molecule has 0 aromatic heterocycles. The molecule has 136 valence electrons. The van der Waals surface area contributed by atoms with Crippen LogP contribution in [0, 0.1) is 0 Å². The second kappa shape index (κ2) is 5.34. The number of Topliss-reactive ketones (excluding diaryl/α,β-unsaturated/α-hetero) is 1. The van der Waals surface area contributed by atoms with E-state index in [0.29, 0.717) is 24.1 Å². The van der Waals surface area contributed by atoms with Crippen LogP contribution in [0.25, 0.3) is 0 Å². The van der Waals surface area contributed by atoms with Crippen LogP contribution in [0.3, 0.4) is 0 Å². The number of barbiturate groups is 1. The van der Waals surface area contributed by atoms with E-state index in [2.05, 4.69) is 15.7 Å². The third kappa shape index (κ3) is 2.00. The van der Waals surface area contributed by atoms with Crippen LogP contribution in [-0.4, -0.2) is 40.5 Å². The minimum atomic E-state index is -2.21. The highest BCUT2D eigenvalue weighted by Gasteiger charge is 2.63. The monoisotopic (exact) mass is 366 g/mol. The van der Waals surface area contributed by atoms with Gasteiger partial charge in [0.15, 0.2) is 12.0 Å². The minimum absolute atomic E-state index is 0.0379. The van der Waals surface area contributed by atoms with Crippen LogP contribution >= 0.6 is 0 Å². The molecule has 4 aliphatic rings. The zero-order valence-electron chi connectivity index (χ0n) is 14.0. The van der Waals surface area contributed by atoms with Gasteiger partial charge < -0.3 is 4.74 Å². The molecule has 3 heterocycles. The molecule has 27 heavy (non-hydrogen) atoms. The molecule has 5 rings (SSSR count). The number of hydrogen-bond donors (Lipinski definition) is 2. The van der Waals surface area contributed by atoms with Crippen molar-refractivity contribution in [1.29, 1.82) is 0 Å². The summed E-state index contributed by atoms with van der Waals surface area (Å²) in [4.78, 5) is 49.9. The number of amides is 4. The smallest absolute Gasteiger partial charge is 0.322 e. The summed E-state index contributed by atoms with van der Waals surface area (Å²) in [5.74, 6) is -2.26. The number of ether oxygens (including phenoxy) is 1. The van der Waals surface area contributed by atoms with Crippen molar-refractivity contribution in [2.24, 2.45) is 5.10 Å². The molecule has 1 saturated heterocycles. The number of fused-ring (bicyclic) bond motifs is 5. The van der Waals surface area contributed by atoms with Crippen LogP contribution in [0.5, 0.6) is 0 Å². The highest BCUT2D eigenvalue weighted by Crippen LogP contribution is 2.48. The first-order chi connectivity index (χ1) is 13.0. The van der Waals surface area contributed by atoms with Gasteiger partial charge >= 0.3 is 6.03 Å². The Kier molecular flexibility index (Phi) is 3.14. The van der Waals surface area contributed by atoms with Crippen LogP contribution < -0.4 is 10.6 Å². The van der Waals surface area contributed by atoms with Crippen molar-refractivity contribution in [3.8, 4) is 0 Å². The second-order valence-electron chi connectivity index (χ2n) is 6.71. The Bertz CT molecular complexity index is 975. The number of hydrazone groups is 1. The molecule has 0 radical (unpaired) electrons. The molecule has 9 nitrogen and oxygen atoms in total. The van der Waals surface area contributed by atoms with Gasteiger partial charge in [0.25, 0.3) is 17.4 Å². The van der Waals surface area contributed by atoms with Crippen molar-refractivity contribution < 1.29 is 23.9 Å². The third-order valence-electron chi connectivity index (χ3n) is 5.20. The Hall–Kier alpha value is -3.33. The number of hydrogen-bond acceptors (Lipinski definition) is 7. The lowest BCUT2D eigenvalue weighted by molar-refractivity contribution is -0.186. The average molecular weight is 366 g/mol. The predicted octanol–water partition coefficient (Wildman–Crippen LogP) is 0.477. The van der Waals surface area contributed by atoms with Gasteiger partial charge in [-0.1, -0.05) is 24.3 Å². The molecular weight excluding hydrogens is 352 g/mol. The summed E-state index contributed by atoms with van der Waals surface area (Å²) < 4.78 is 6.02. The van der Waals surface area contributed by atoms with Gasteiger partial charge in [-0.25, -0.2) is 9.80 Å². The highest BCUT2D eigenvalue weighted by molar-refractivity contribution is 6.28. The lowest BCUT2D eigenvalue weighted by atomic mass is 9.78. The first-order valence-electron chi connectivity index (χ1n) is 8.56. The first kappa shape index (κ1) is 15.9. The van der Waals surface area contributed by atoms with Crippen molar-refractivity contribution >= 4 is 29.8 Å². The van der Waals surface area contributed by atoms with Crippen LogP contribution in [-0.2, 0) is 19.1 Å². The Morgan fingerprint density at radius 2 is 1.81 bits per heavy atom. The maximum atomic E-state index is 12.8. The van der Waals surface area contributed by atoms with Gasteiger partial charge in [0.1, 0.15) is 0 Å². The molecule has 2 N–H and O–H groups in total. The fourth-order valence-corrected chi connectivity index (χ4v) is 4.03. The highest BCUT2D eigenvalue weighted by atomic mass is 16.5. The van der Waals surface area contributed by atoms with Crippen molar-refractivity contribution in [2.75, 3.05) is 0 Å². The number of ketones is 1. The number of allylic oxidation sites excluding steroid dienone is 1. The van der Waals surface area contributed by atoms with Crippen LogP contribution in [0.1, 0.15) is 36.6 Å². The summed E-state index contributed by atoms with van der Waals surface area (Å²) >= 11 is 0. The van der Waals surface area contributed by atoms with E-state index in [1.165, 1.54) is 0 Å². The van der Waals surface area contributed by atoms with Gasteiger partial charge in [-0.15, -0.1) is 0 Å². The lowest BCUT2D eigenvalue weighted by Crippen LogP contribution is -2.71. The van der Waals surface area contributed by atoms with Crippen molar-refractivity contribution in [3.63, 3.8) is 0 Å². The lowest BCUT2D eigenvalue weighted by Gasteiger charge is -2.48. The molecule has 1 fully saturated rings. The Morgan fingerprint density at radius 3 is 2.59 bits per heavy atom. The molecule has 3 aliphatic heterocycles. The van der Waals surface area contributed by atoms with Gasteiger partial charge in [-0.3, -0.25) is 25.0 Å². The molecule has 1 aromatic rings. The summed E-state index contributed by atoms with van der Waals surface area (Å²) in [7, 11) is 0. The van der Waals surface area contributed by atoms with E-state index in [1.807, 2.05) is 24.3 Å². The van der Waals surface area contributed by atoms with Gasteiger partial charge in [0, 0.05) is 17.5 Å². The third-order valence-corrected chi connectivity index (χ3v) is 5.20. The minimum Gasteiger partial charge on any atom is -0.322 e. The molecule has 1 unspecified atom stereocenters. The number of carbonyl (C=O) groups is 4. The van der Waals surface area contributed by atoms with Gasteiger partial charge in [0.2, 0.25) is 0 Å². The maximum absolute atomic E-state index is 12.8. The Balaban J connectivity index is 1.77. The zero-order chi connectivity index (χ0) is 18.8. The van der Waals surface area contributed by atoms with Crippen molar-refractivity contribution in [3.05, 3.63) is 46.7 Å². The first-order valence-corrected chi connectivity index (χ1v) is 8.56. The summed E-state index contributed by atoms with van der Waals surface area (Å²) in [5, 5.41) is 10.1. The van der Waals surface area contributed by atoms with E-state index in [1.54, 1.807) is 11.2 Å². The molecule has 1 aromatic carbocycles. The number of benzene rings is 1. The van der Waals surface area contributed by atoms with E-state index in [0.717, 1.165) is 5.56 Å². The topological polar surface area (TPSA) is 117 Å². The van der Waals surface area contributed by atoms with Crippen LogP contribution in [0.2, 0.25) is 0 Å². The van der Waals surface area contributed by atoms with E-state index in [-0.39, 0.29) is 17.8 Å². The van der Waals surface area contributed by atoms with E-state index < -0.39 is 29.7 Å². The number of urea groups is 1. The Labute approximate surface area is 153 Å². The molecule has 1 aliphatic carbocycles. The number of carbonyl (C=O) groups excluding carboxylic acids is 4. The second-order valence-corrected chi connectivity index (χ2v) is 6.71. The number of nitrogens with one attached hydrogen (secondary N) is 2. The van der Waals surface area contributed by atoms with Gasteiger partial charge in [-0.05, 0) is 12.8 Å². The molecule has 1 spiro atoms. The quantitative estimate of drug-likeness (QED) is 0.645. The number of rotatable bonds is 0. The normalized spacial score (nSPS) is 25.6. The molecule has 1 atom stereocenters. The van der Waals surface area contributed by atoms with E-state index in [4.69, 9.17) is 4.74 Å². The SMILES string of the molecule is O=C1NC(=O)C2(OC3c4ccccc4C=NN3C3=C2C(=O)CCC3)C(=O)N1. The van der Waals surface area contributed by atoms with E-state index >= 15 is 0 Å². The van der Waals surface area contributed by atoms with Crippen LogP contribution in [0.15, 0.2) is 40.6 Å². The predicted molar refractivity (Wildman–Crippen MR) is 90.0 cm³/mol. The molecule has 4 amide bonds. The molecule has 0 saturated carbocycles. The van der Waals surface area contributed by atoms with Gasteiger partial charge in [-0.2, -0.15) is 5.10 Å². The molecule has 9 heteroatoms. The Morgan fingerprint density at radius 1 is 1.07 bits per heavy atom. The van der Waals surface area contributed by atoms with Gasteiger partial charge in [0.05, 0.1) is 17.5 Å². The maximum Gasteiger partial charge on any atom is 0.328 e. The fraction of sp³-hybridized carbons (Fsp3) is 0.278. The molecule has 0 bridgehead atoms. The molecular formula is C18H14N4O5. The summed E-state index contributed by atoms with van der Waals surface area (Å²) in [6, 6.07) is 6.37.